The van der Waals surface area contributed by atoms with Crippen LogP contribution in [0.15, 0.2) is 29.0 Å². The van der Waals surface area contributed by atoms with Gasteiger partial charge in [-0.05, 0) is 13.6 Å². The van der Waals surface area contributed by atoms with E-state index in [1.807, 2.05) is 0 Å². The van der Waals surface area contributed by atoms with Gasteiger partial charge in [-0.25, -0.2) is 23.7 Å². The molecule has 1 aliphatic heterocycles. The number of nitrogens with zero attached hydrogens (tertiary/aromatic N) is 4. The average molecular weight is 545 g/mol. The third kappa shape index (κ3) is 6.78. The highest BCUT2D eigenvalue weighted by Gasteiger charge is 2.48. The van der Waals surface area contributed by atoms with E-state index in [1.165, 1.54) is 26.4 Å². The van der Waals surface area contributed by atoms with Crippen molar-refractivity contribution in [1.82, 2.24) is 9.55 Å². The molecule has 0 saturated carbocycles. The van der Waals surface area contributed by atoms with Crippen molar-refractivity contribution in [3.63, 3.8) is 0 Å². The van der Waals surface area contributed by atoms with E-state index in [0.717, 1.165) is 0 Å². The van der Waals surface area contributed by atoms with Crippen molar-refractivity contribution in [2.75, 3.05) is 7.05 Å². The lowest BCUT2D eigenvalue weighted by Crippen LogP contribution is -2.31. The van der Waals surface area contributed by atoms with Gasteiger partial charge in [0, 0.05) is 18.9 Å². The molecule has 1 aromatic rings. The molecule has 16 nitrogen and oxygen atoms in total. The van der Waals surface area contributed by atoms with Gasteiger partial charge in [-0.3, -0.25) is 14.1 Å². The molecule has 0 radical (unpaired) electrons. The van der Waals surface area contributed by atoms with Gasteiger partial charge in [0.25, 0.3) is 0 Å². The zero-order valence-electron chi connectivity index (χ0n) is 18.3. The first-order chi connectivity index (χ1) is 15.6. The van der Waals surface area contributed by atoms with Gasteiger partial charge in [-0.2, -0.15) is 8.62 Å². The van der Waals surface area contributed by atoms with Crippen LogP contribution in [0.1, 0.15) is 25.8 Å². The fourth-order valence-electron chi connectivity index (χ4n) is 3.51. The Kier molecular flexibility index (Phi) is 8.95. The van der Waals surface area contributed by atoms with Crippen molar-refractivity contribution in [3.8, 4) is 0 Å². The van der Waals surface area contributed by atoms with Gasteiger partial charge in [-0.1, -0.05) is 13.0 Å². The summed E-state index contributed by atoms with van der Waals surface area (Å²) in [5, 5.41) is 0. The lowest BCUT2D eigenvalue weighted by Gasteiger charge is -2.26. The third-order valence-electron chi connectivity index (χ3n) is 4.86. The van der Waals surface area contributed by atoms with E-state index in [1.54, 1.807) is 11.5 Å². The summed E-state index contributed by atoms with van der Waals surface area (Å²) < 4.78 is 54.5. The van der Waals surface area contributed by atoms with Crippen molar-refractivity contribution in [2.45, 2.75) is 32.3 Å². The first-order valence-corrected chi connectivity index (χ1v) is 13.9. The summed E-state index contributed by atoms with van der Waals surface area (Å²) in [6, 6.07) is 0. The fraction of sp³-hybridized carbons (Fsp3) is 0.533. The van der Waals surface area contributed by atoms with Gasteiger partial charge in [0.1, 0.15) is 17.8 Å². The molecule has 0 aliphatic carbocycles. The minimum atomic E-state index is -5.66. The third-order valence-corrected chi connectivity index (χ3v) is 8.78. The van der Waals surface area contributed by atoms with E-state index in [4.69, 9.17) is 24.8 Å². The van der Waals surface area contributed by atoms with E-state index in [2.05, 4.69) is 36.9 Å². The zero-order chi connectivity index (χ0) is 26.1. The van der Waals surface area contributed by atoms with E-state index in [-0.39, 0.29) is 23.3 Å². The maximum atomic E-state index is 12.2. The van der Waals surface area contributed by atoms with Gasteiger partial charge in [-0.15, -0.1) is 6.58 Å². The number of aliphatic imine (C=N–C) groups is 2. The van der Waals surface area contributed by atoms with Crippen LogP contribution in [0.2, 0.25) is 0 Å². The molecule has 2 heterocycles. The summed E-state index contributed by atoms with van der Waals surface area (Å²) in [6.45, 7) is 10.4. The minimum absolute atomic E-state index is 0.115. The number of aromatic nitrogens is 2. The maximum Gasteiger partial charge on any atom is 0.490 e. The van der Waals surface area contributed by atoms with Crippen molar-refractivity contribution in [1.29, 1.82) is 0 Å². The van der Waals surface area contributed by atoms with Crippen molar-refractivity contribution < 1.29 is 51.2 Å². The number of hydrogen-bond acceptors (Lipinski definition) is 10. The van der Waals surface area contributed by atoms with Crippen LogP contribution in [0.5, 0.6) is 0 Å². The number of rotatable bonds is 11. The monoisotopic (exact) mass is 545 g/mol. The van der Waals surface area contributed by atoms with Crippen LogP contribution in [-0.2, 0) is 31.6 Å². The van der Waals surface area contributed by atoms with Gasteiger partial charge in [0.2, 0.25) is 0 Å². The fourth-order valence-corrected chi connectivity index (χ4v) is 6.71. The molecular formula is C15H26N5O11P3. The van der Waals surface area contributed by atoms with Crippen LogP contribution >= 0.6 is 23.5 Å². The highest BCUT2D eigenvalue weighted by Crippen LogP contribution is 2.66. The molecule has 34 heavy (non-hydrogen) atoms. The standard InChI is InChI=1S/C15H26N5O11P3/c1-6-10-8(2)15(20-7-19-11(13(16)17-4)14(20)18-5)28-12(10)9(3)29-33(24,25)31-34(26,27)30-32(21,22)23/h6-10,12,15H,1,5H2,2-4H3,(H2,16,17)(H,24,25)(H,26,27)(H2,21,22,23). The van der Waals surface area contributed by atoms with E-state index in [0.29, 0.717) is 0 Å². The van der Waals surface area contributed by atoms with Crippen LogP contribution in [0.25, 0.3) is 0 Å². The topological polar surface area (TPSA) is 238 Å². The summed E-state index contributed by atoms with van der Waals surface area (Å²) in [7, 11) is -15.1. The SMILES string of the molecule is C=CC1C(C)C(n2cnc(C(N)=NC)c2N=C)OC1C(C)OP(=O)(O)OP(=O)(O)OP(=O)(O)O. The Bertz CT molecular complexity index is 1100. The van der Waals surface area contributed by atoms with Crippen LogP contribution in [0.3, 0.4) is 0 Å². The van der Waals surface area contributed by atoms with Crippen LogP contribution in [0.4, 0.5) is 5.82 Å². The predicted octanol–water partition coefficient (Wildman–Crippen LogP) is 1.62. The minimum Gasteiger partial charge on any atom is -0.382 e. The predicted molar refractivity (Wildman–Crippen MR) is 119 cm³/mol. The number of amidine groups is 1. The number of imidazole rings is 1. The largest absolute Gasteiger partial charge is 0.490 e. The normalized spacial score (nSPS) is 28.1. The Morgan fingerprint density at radius 2 is 1.91 bits per heavy atom. The molecule has 6 N–H and O–H groups in total. The van der Waals surface area contributed by atoms with E-state index in [9.17, 15) is 23.5 Å². The molecule has 192 valence electrons. The van der Waals surface area contributed by atoms with E-state index < -0.39 is 47.8 Å². The Hall–Kier alpha value is -1.54. The Morgan fingerprint density at radius 3 is 2.41 bits per heavy atom. The molecule has 7 unspecified atom stereocenters. The van der Waals surface area contributed by atoms with Crippen molar-refractivity contribution in [3.05, 3.63) is 24.7 Å². The quantitative estimate of drug-likeness (QED) is 0.115. The molecule has 0 amide bonds. The smallest absolute Gasteiger partial charge is 0.382 e. The number of hydrogen-bond donors (Lipinski definition) is 5. The van der Waals surface area contributed by atoms with Gasteiger partial charge in [0.15, 0.2) is 5.82 Å². The van der Waals surface area contributed by atoms with Gasteiger partial charge >= 0.3 is 23.5 Å². The first kappa shape index (κ1) is 28.7. The summed E-state index contributed by atoms with van der Waals surface area (Å²) in [4.78, 5) is 48.4. The Labute approximate surface area is 194 Å². The number of nitrogens with two attached hydrogens (primary N) is 1. The van der Waals surface area contributed by atoms with Crippen molar-refractivity contribution in [2.24, 2.45) is 27.6 Å². The van der Waals surface area contributed by atoms with Crippen molar-refractivity contribution >= 4 is 41.8 Å². The molecule has 1 aliphatic rings. The summed E-state index contributed by atoms with van der Waals surface area (Å²) in [5.41, 5.74) is 6.11. The Morgan fingerprint density at radius 1 is 1.29 bits per heavy atom. The van der Waals surface area contributed by atoms with Gasteiger partial charge in [0.05, 0.1) is 18.5 Å². The molecule has 0 bridgehead atoms. The average Bonchev–Trinajstić information content (AvgIpc) is 3.24. The van der Waals surface area contributed by atoms with Crippen LogP contribution < -0.4 is 5.73 Å². The highest BCUT2D eigenvalue weighted by molar-refractivity contribution is 7.66. The number of phosphoric acid groups is 3. The summed E-state index contributed by atoms with van der Waals surface area (Å²) in [5.74, 6) is -0.390. The first-order valence-electron chi connectivity index (χ1n) is 9.42. The second kappa shape index (κ2) is 10.6. The molecule has 1 fully saturated rings. The van der Waals surface area contributed by atoms with Crippen LogP contribution in [0, 0.1) is 11.8 Å². The van der Waals surface area contributed by atoms with E-state index >= 15 is 0 Å². The second-order valence-electron chi connectivity index (χ2n) is 7.16. The number of phosphoric ester groups is 1. The Balaban J connectivity index is 2.26. The van der Waals surface area contributed by atoms with Gasteiger partial charge < -0.3 is 30.0 Å². The summed E-state index contributed by atoms with van der Waals surface area (Å²) in [6.07, 6.45) is 0.0438. The highest BCUT2D eigenvalue weighted by atomic mass is 31.3. The van der Waals surface area contributed by atoms with Crippen LogP contribution in [-0.4, -0.2) is 60.9 Å². The number of ether oxygens (including phenoxy) is 1. The molecule has 1 saturated heterocycles. The molecule has 1 aromatic heterocycles. The lowest BCUT2D eigenvalue weighted by molar-refractivity contribution is -0.0604. The molecule has 7 atom stereocenters. The molecule has 0 spiro atoms. The summed E-state index contributed by atoms with van der Waals surface area (Å²) >= 11 is 0. The maximum absolute atomic E-state index is 12.2. The molecular weight excluding hydrogens is 519 g/mol. The second-order valence-corrected chi connectivity index (χ2v) is 11.5. The lowest BCUT2D eigenvalue weighted by atomic mass is 9.89. The molecule has 19 heteroatoms. The molecule has 0 aromatic carbocycles. The molecule has 2 rings (SSSR count). The zero-order valence-corrected chi connectivity index (χ0v) is 21.0.